The van der Waals surface area contributed by atoms with Gasteiger partial charge in [0.25, 0.3) is 5.89 Å². The molecular formula is C15H21N3O4. The Kier molecular flexibility index (Phi) is 6.17. The number of benzene rings is 1. The molecule has 1 aromatic heterocycles. The van der Waals surface area contributed by atoms with E-state index in [-0.39, 0.29) is 6.61 Å². The summed E-state index contributed by atoms with van der Waals surface area (Å²) in [7, 11) is 3.29. The number of ether oxygens (including phenoxy) is 3. The van der Waals surface area contributed by atoms with Crippen LogP contribution in [0.1, 0.15) is 17.3 Å². The lowest BCUT2D eigenvalue weighted by Crippen LogP contribution is -2.18. The van der Waals surface area contributed by atoms with Gasteiger partial charge in [-0.2, -0.15) is 4.98 Å². The van der Waals surface area contributed by atoms with Crippen LogP contribution in [0.3, 0.4) is 0 Å². The van der Waals surface area contributed by atoms with Gasteiger partial charge in [0.15, 0.2) is 23.9 Å². The van der Waals surface area contributed by atoms with Crippen LogP contribution in [0.5, 0.6) is 11.5 Å². The quantitative estimate of drug-likeness (QED) is 0.706. The Morgan fingerprint density at radius 1 is 1.23 bits per heavy atom. The Morgan fingerprint density at radius 2 is 2.09 bits per heavy atom. The molecule has 1 heterocycles. The van der Waals surface area contributed by atoms with Crippen LogP contribution in [0.25, 0.3) is 0 Å². The molecule has 0 spiro atoms. The molecule has 22 heavy (non-hydrogen) atoms. The number of nitrogens with zero attached hydrogens (tertiary/aromatic N) is 2. The van der Waals surface area contributed by atoms with Crippen molar-refractivity contribution in [3.63, 3.8) is 0 Å². The molecule has 1 aromatic carbocycles. The molecule has 120 valence electrons. The molecule has 0 bridgehead atoms. The van der Waals surface area contributed by atoms with Crippen molar-refractivity contribution >= 4 is 0 Å². The van der Waals surface area contributed by atoms with Gasteiger partial charge in [-0.05, 0) is 24.6 Å². The summed E-state index contributed by atoms with van der Waals surface area (Å²) in [4.78, 5) is 4.09. The molecule has 2 aromatic rings. The van der Waals surface area contributed by atoms with Gasteiger partial charge in [0.05, 0.1) is 13.7 Å². The molecule has 0 unspecified atom stereocenters. The van der Waals surface area contributed by atoms with E-state index in [1.165, 1.54) is 0 Å². The molecule has 0 saturated heterocycles. The summed E-state index contributed by atoms with van der Waals surface area (Å²) >= 11 is 0. The van der Waals surface area contributed by atoms with E-state index < -0.39 is 0 Å². The predicted octanol–water partition coefficient (Wildman–Crippen LogP) is 1.70. The fraction of sp³-hybridized carbons (Fsp3) is 0.467. The molecule has 7 nitrogen and oxygen atoms in total. The van der Waals surface area contributed by atoms with Crippen molar-refractivity contribution in [3.05, 3.63) is 35.5 Å². The lowest BCUT2D eigenvalue weighted by Gasteiger charge is -2.11. The number of nitrogens with one attached hydrogen (secondary N) is 1. The molecule has 2 rings (SSSR count). The van der Waals surface area contributed by atoms with Crippen molar-refractivity contribution < 1.29 is 18.7 Å². The lowest BCUT2D eigenvalue weighted by molar-refractivity contribution is 0.199. The van der Waals surface area contributed by atoms with Crippen LogP contribution >= 0.6 is 0 Å². The van der Waals surface area contributed by atoms with Crippen LogP contribution in [0.2, 0.25) is 0 Å². The zero-order chi connectivity index (χ0) is 15.8. The molecule has 0 saturated carbocycles. The Morgan fingerprint density at radius 3 is 2.77 bits per heavy atom. The monoisotopic (exact) mass is 307 g/mol. The van der Waals surface area contributed by atoms with Crippen molar-refractivity contribution in [1.82, 2.24) is 15.5 Å². The van der Waals surface area contributed by atoms with Crippen LogP contribution in [-0.4, -0.2) is 37.5 Å². The largest absolute Gasteiger partial charge is 0.493 e. The summed E-state index contributed by atoms with van der Waals surface area (Å²) in [5, 5.41) is 7.00. The highest BCUT2D eigenvalue weighted by Crippen LogP contribution is 2.28. The first-order valence-corrected chi connectivity index (χ1v) is 7.01. The minimum absolute atomic E-state index is 0.211. The van der Waals surface area contributed by atoms with Gasteiger partial charge in [0, 0.05) is 20.2 Å². The third-order valence-corrected chi connectivity index (χ3v) is 2.96. The maximum atomic E-state index is 5.66. The van der Waals surface area contributed by atoms with Crippen LogP contribution in [0.4, 0.5) is 0 Å². The second-order valence-electron chi connectivity index (χ2n) is 4.68. The van der Waals surface area contributed by atoms with E-state index in [2.05, 4.69) is 15.5 Å². The van der Waals surface area contributed by atoms with E-state index in [0.29, 0.717) is 29.8 Å². The van der Waals surface area contributed by atoms with Crippen LogP contribution in [0.15, 0.2) is 22.7 Å². The van der Waals surface area contributed by atoms with Crippen molar-refractivity contribution in [2.45, 2.75) is 20.1 Å². The van der Waals surface area contributed by atoms with Gasteiger partial charge < -0.3 is 24.1 Å². The molecule has 0 aliphatic heterocycles. The van der Waals surface area contributed by atoms with Gasteiger partial charge in [0.2, 0.25) is 0 Å². The van der Waals surface area contributed by atoms with Crippen LogP contribution in [-0.2, 0) is 17.9 Å². The maximum Gasteiger partial charge on any atom is 0.264 e. The first-order chi connectivity index (χ1) is 10.7. The predicted molar refractivity (Wildman–Crippen MR) is 79.9 cm³/mol. The lowest BCUT2D eigenvalue weighted by atomic mass is 10.2. The molecule has 0 amide bonds. The SMILES string of the molecule is COCCNCc1ccc(OCc2nc(C)no2)c(OC)c1. The van der Waals surface area contributed by atoms with Gasteiger partial charge >= 0.3 is 0 Å². The Bertz CT molecular complexity index is 586. The zero-order valence-corrected chi connectivity index (χ0v) is 13.1. The van der Waals surface area contributed by atoms with E-state index >= 15 is 0 Å². The summed E-state index contributed by atoms with van der Waals surface area (Å²) < 4.78 is 21.0. The molecule has 0 fully saturated rings. The van der Waals surface area contributed by atoms with Gasteiger partial charge in [0.1, 0.15) is 0 Å². The second-order valence-corrected chi connectivity index (χ2v) is 4.68. The normalized spacial score (nSPS) is 10.7. The summed E-state index contributed by atoms with van der Waals surface area (Å²) in [6.45, 7) is 4.19. The molecule has 0 aliphatic rings. The first-order valence-electron chi connectivity index (χ1n) is 7.01. The maximum absolute atomic E-state index is 5.66. The average molecular weight is 307 g/mol. The molecule has 1 N–H and O–H groups in total. The van der Waals surface area contributed by atoms with Crippen molar-refractivity contribution in [3.8, 4) is 11.5 Å². The van der Waals surface area contributed by atoms with E-state index in [0.717, 1.165) is 18.7 Å². The van der Waals surface area contributed by atoms with E-state index in [4.69, 9.17) is 18.7 Å². The van der Waals surface area contributed by atoms with E-state index in [1.807, 2.05) is 18.2 Å². The summed E-state index contributed by atoms with van der Waals surface area (Å²) in [5.41, 5.74) is 1.11. The summed E-state index contributed by atoms with van der Waals surface area (Å²) in [6, 6.07) is 5.79. The zero-order valence-electron chi connectivity index (χ0n) is 13.1. The summed E-state index contributed by atoms with van der Waals surface area (Å²) in [6.07, 6.45) is 0. The highest BCUT2D eigenvalue weighted by molar-refractivity contribution is 5.42. The minimum Gasteiger partial charge on any atom is -0.493 e. The molecule has 0 radical (unpaired) electrons. The van der Waals surface area contributed by atoms with Gasteiger partial charge in [-0.1, -0.05) is 11.2 Å². The Balaban J connectivity index is 1.93. The van der Waals surface area contributed by atoms with Gasteiger partial charge in [-0.25, -0.2) is 0 Å². The molecule has 0 aliphatic carbocycles. The number of rotatable bonds is 9. The highest BCUT2D eigenvalue weighted by atomic mass is 16.5. The van der Waals surface area contributed by atoms with Crippen LogP contribution in [0, 0.1) is 6.92 Å². The highest BCUT2D eigenvalue weighted by Gasteiger charge is 2.09. The van der Waals surface area contributed by atoms with Gasteiger partial charge in [-0.15, -0.1) is 0 Å². The number of aryl methyl sites for hydroxylation is 1. The fourth-order valence-corrected chi connectivity index (χ4v) is 1.89. The molecule has 0 atom stereocenters. The van der Waals surface area contributed by atoms with Crippen molar-refractivity contribution in [1.29, 1.82) is 0 Å². The van der Waals surface area contributed by atoms with Crippen molar-refractivity contribution in [2.24, 2.45) is 0 Å². The topological polar surface area (TPSA) is 78.6 Å². The molecular weight excluding hydrogens is 286 g/mol. The number of methoxy groups -OCH3 is 2. The van der Waals surface area contributed by atoms with Gasteiger partial charge in [-0.3, -0.25) is 0 Å². The van der Waals surface area contributed by atoms with E-state index in [9.17, 15) is 0 Å². The molecule has 7 heteroatoms. The minimum atomic E-state index is 0.211. The first kappa shape index (κ1) is 16.3. The summed E-state index contributed by atoms with van der Waals surface area (Å²) in [5.74, 6) is 2.33. The fourth-order valence-electron chi connectivity index (χ4n) is 1.89. The van der Waals surface area contributed by atoms with E-state index in [1.54, 1.807) is 21.1 Å². The standard InChI is InChI=1S/C15H21N3O4/c1-11-17-15(22-18-11)10-21-13-5-4-12(8-14(13)20-3)9-16-6-7-19-2/h4-5,8,16H,6-7,9-10H2,1-3H3. The average Bonchev–Trinajstić information content (AvgIpc) is 2.95. The smallest absolute Gasteiger partial charge is 0.264 e. The number of hydrogen-bond acceptors (Lipinski definition) is 7. The Hall–Kier alpha value is -2.12. The van der Waals surface area contributed by atoms with Crippen LogP contribution < -0.4 is 14.8 Å². The van der Waals surface area contributed by atoms with Crippen molar-refractivity contribution in [2.75, 3.05) is 27.4 Å². The second kappa shape index (κ2) is 8.35. The number of hydrogen-bond donors (Lipinski definition) is 1. The number of aromatic nitrogens is 2. The third-order valence-electron chi connectivity index (χ3n) is 2.96. The third kappa shape index (κ3) is 4.71. The Labute approximate surface area is 129 Å².